The van der Waals surface area contributed by atoms with E-state index in [9.17, 15) is 22.8 Å². The molecule has 1 N–H and O–H groups in total. The zero-order valence-electron chi connectivity index (χ0n) is 11.2. The summed E-state index contributed by atoms with van der Waals surface area (Å²) < 4.78 is 44.0. The second-order valence-electron chi connectivity index (χ2n) is 4.01. The number of hydrogen-bond donors (Lipinski definition) is 1. The predicted octanol–water partition coefficient (Wildman–Crippen LogP) is 2.27. The number of esters is 1. The number of nitrogens with one attached hydrogen (secondary N) is 1. The molecule has 0 heterocycles. The van der Waals surface area contributed by atoms with Gasteiger partial charge in [-0.05, 0) is 30.7 Å². The molecule has 21 heavy (non-hydrogen) atoms. The van der Waals surface area contributed by atoms with Gasteiger partial charge in [-0.3, -0.25) is 9.59 Å². The second-order valence-corrected chi connectivity index (χ2v) is 4.01. The van der Waals surface area contributed by atoms with Gasteiger partial charge in [-0.1, -0.05) is 0 Å². The van der Waals surface area contributed by atoms with E-state index in [1.807, 2.05) is 0 Å². The van der Waals surface area contributed by atoms with Crippen LogP contribution in [-0.4, -0.2) is 31.9 Å². The number of hydrogen-bond acceptors (Lipinski definition) is 4. The first-order chi connectivity index (χ1) is 9.81. The van der Waals surface area contributed by atoms with Gasteiger partial charge in [-0.2, -0.15) is 0 Å². The highest BCUT2D eigenvalue weighted by Crippen LogP contribution is 2.22. The highest BCUT2D eigenvalue weighted by Gasteiger charge is 2.31. The lowest BCUT2D eigenvalue weighted by atomic mass is 10.2. The van der Waals surface area contributed by atoms with Crippen LogP contribution in [0.4, 0.5) is 13.2 Å². The molecule has 0 spiro atoms. The maximum Gasteiger partial charge on any atom is 0.573 e. The van der Waals surface area contributed by atoms with E-state index in [4.69, 9.17) is 0 Å². The third kappa shape index (κ3) is 6.64. The summed E-state index contributed by atoms with van der Waals surface area (Å²) in [7, 11) is 1.27. The lowest BCUT2D eigenvalue weighted by Gasteiger charge is -2.09. The van der Waals surface area contributed by atoms with Gasteiger partial charge in [0.1, 0.15) is 5.75 Å². The van der Waals surface area contributed by atoms with Gasteiger partial charge in [0.25, 0.3) is 5.91 Å². The molecule has 1 aromatic rings. The van der Waals surface area contributed by atoms with Crippen molar-refractivity contribution in [2.75, 3.05) is 13.7 Å². The molecule has 5 nitrogen and oxygen atoms in total. The number of carbonyl (C=O) groups excluding carboxylic acids is 2. The minimum atomic E-state index is -4.77. The molecule has 1 aromatic carbocycles. The van der Waals surface area contributed by atoms with Crippen LogP contribution in [0.5, 0.6) is 5.75 Å². The Morgan fingerprint density at radius 1 is 1.19 bits per heavy atom. The van der Waals surface area contributed by atoms with Crippen molar-refractivity contribution >= 4 is 11.9 Å². The predicted molar refractivity (Wildman–Crippen MR) is 66.7 cm³/mol. The molecule has 8 heteroatoms. The number of halogens is 3. The summed E-state index contributed by atoms with van der Waals surface area (Å²) in [6, 6.07) is 4.54. The van der Waals surface area contributed by atoms with Crippen molar-refractivity contribution in [2.45, 2.75) is 19.2 Å². The zero-order chi connectivity index (χ0) is 15.9. The molecule has 0 aliphatic heterocycles. The SMILES string of the molecule is COC(=O)CCCNC(=O)c1ccc(OC(F)(F)F)cc1. The molecular formula is C13H14F3NO4. The molecule has 1 amide bonds. The van der Waals surface area contributed by atoms with E-state index in [2.05, 4.69) is 14.8 Å². The Morgan fingerprint density at radius 3 is 2.33 bits per heavy atom. The van der Waals surface area contributed by atoms with Crippen molar-refractivity contribution < 1.29 is 32.2 Å². The largest absolute Gasteiger partial charge is 0.573 e. The minimum absolute atomic E-state index is 0.176. The third-order valence-corrected chi connectivity index (χ3v) is 2.42. The van der Waals surface area contributed by atoms with E-state index in [1.54, 1.807) is 0 Å². The summed E-state index contributed by atoms with van der Waals surface area (Å²) in [6.45, 7) is 0.259. The standard InChI is InChI=1S/C13H14F3NO4/c1-20-11(18)3-2-8-17-12(19)9-4-6-10(7-5-9)21-13(14,15)16/h4-7H,2-3,8H2,1H3,(H,17,19). The number of benzene rings is 1. The van der Waals surface area contributed by atoms with Gasteiger partial charge in [-0.15, -0.1) is 13.2 Å². The highest BCUT2D eigenvalue weighted by atomic mass is 19.4. The zero-order valence-corrected chi connectivity index (χ0v) is 11.2. The van der Waals surface area contributed by atoms with Crippen LogP contribution < -0.4 is 10.1 Å². The molecule has 0 aromatic heterocycles. The summed E-state index contributed by atoms with van der Waals surface area (Å²) in [5.41, 5.74) is 0.197. The van der Waals surface area contributed by atoms with Crippen molar-refractivity contribution in [3.63, 3.8) is 0 Å². The molecule has 0 unspecified atom stereocenters. The molecule has 0 aliphatic carbocycles. The van der Waals surface area contributed by atoms with Gasteiger partial charge < -0.3 is 14.8 Å². The van der Waals surface area contributed by atoms with Gasteiger partial charge in [0, 0.05) is 18.5 Å². The Labute approximate surface area is 119 Å². The van der Waals surface area contributed by atoms with Crippen LogP contribution in [-0.2, 0) is 9.53 Å². The van der Waals surface area contributed by atoms with Gasteiger partial charge in [0.2, 0.25) is 0 Å². The van der Waals surface area contributed by atoms with E-state index >= 15 is 0 Å². The first-order valence-corrected chi connectivity index (χ1v) is 6.02. The lowest BCUT2D eigenvalue weighted by Crippen LogP contribution is -2.25. The first-order valence-electron chi connectivity index (χ1n) is 6.02. The molecule has 0 aliphatic rings. The van der Waals surface area contributed by atoms with E-state index in [0.29, 0.717) is 6.42 Å². The Morgan fingerprint density at radius 2 is 1.81 bits per heavy atom. The number of ether oxygens (including phenoxy) is 2. The Bertz CT molecular complexity index is 485. The van der Waals surface area contributed by atoms with Gasteiger partial charge in [-0.25, -0.2) is 0 Å². The van der Waals surface area contributed by atoms with Gasteiger partial charge in [0.15, 0.2) is 0 Å². The summed E-state index contributed by atoms with van der Waals surface area (Å²) in [4.78, 5) is 22.5. The van der Waals surface area contributed by atoms with Gasteiger partial charge >= 0.3 is 12.3 Å². The van der Waals surface area contributed by atoms with E-state index in [1.165, 1.54) is 19.2 Å². The summed E-state index contributed by atoms with van der Waals surface area (Å²) in [5.74, 6) is -1.22. The minimum Gasteiger partial charge on any atom is -0.469 e. The second kappa shape index (κ2) is 7.51. The maximum atomic E-state index is 12.0. The van der Waals surface area contributed by atoms with Crippen molar-refractivity contribution in [3.05, 3.63) is 29.8 Å². The van der Waals surface area contributed by atoms with Crippen LogP contribution in [0.15, 0.2) is 24.3 Å². The molecule has 1 rings (SSSR count). The van der Waals surface area contributed by atoms with E-state index in [-0.39, 0.29) is 24.5 Å². The summed E-state index contributed by atoms with van der Waals surface area (Å²) in [5, 5.41) is 2.54. The molecule has 0 atom stereocenters. The fourth-order valence-corrected chi connectivity index (χ4v) is 1.45. The van der Waals surface area contributed by atoms with Crippen molar-refractivity contribution in [1.82, 2.24) is 5.32 Å². The topological polar surface area (TPSA) is 64.6 Å². The Kier molecular flexibility index (Phi) is 6.01. The van der Waals surface area contributed by atoms with Crippen LogP contribution in [0.1, 0.15) is 23.2 Å². The lowest BCUT2D eigenvalue weighted by molar-refractivity contribution is -0.274. The molecule has 0 radical (unpaired) electrons. The Hall–Kier alpha value is -2.25. The Balaban J connectivity index is 2.43. The molecule has 0 bridgehead atoms. The fraction of sp³-hybridized carbons (Fsp3) is 0.385. The number of rotatable bonds is 6. The molecule has 0 saturated heterocycles. The van der Waals surface area contributed by atoms with Crippen LogP contribution in [0.2, 0.25) is 0 Å². The summed E-state index contributed by atoms with van der Waals surface area (Å²) in [6.07, 6.45) is -4.18. The van der Waals surface area contributed by atoms with Crippen molar-refractivity contribution in [2.24, 2.45) is 0 Å². The molecule has 116 valence electrons. The first kappa shape index (κ1) is 16.8. The van der Waals surface area contributed by atoms with Crippen molar-refractivity contribution in [3.8, 4) is 5.75 Å². The summed E-state index contributed by atoms with van der Waals surface area (Å²) >= 11 is 0. The maximum absolute atomic E-state index is 12.0. The average Bonchev–Trinajstić information content (AvgIpc) is 2.42. The molecular weight excluding hydrogens is 291 g/mol. The number of carbonyl (C=O) groups is 2. The highest BCUT2D eigenvalue weighted by molar-refractivity contribution is 5.94. The van der Waals surface area contributed by atoms with Crippen molar-refractivity contribution in [1.29, 1.82) is 0 Å². The molecule has 0 fully saturated rings. The fourth-order valence-electron chi connectivity index (χ4n) is 1.45. The third-order valence-electron chi connectivity index (χ3n) is 2.42. The van der Waals surface area contributed by atoms with Crippen LogP contribution in [0, 0.1) is 0 Å². The van der Waals surface area contributed by atoms with Gasteiger partial charge in [0.05, 0.1) is 7.11 Å². The van der Waals surface area contributed by atoms with E-state index in [0.717, 1.165) is 12.1 Å². The van der Waals surface area contributed by atoms with Crippen LogP contribution in [0.25, 0.3) is 0 Å². The number of methoxy groups -OCH3 is 1. The average molecular weight is 305 g/mol. The normalized spacial score (nSPS) is 10.9. The monoisotopic (exact) mass is 305 g/mol. The smallest absolute Gasteiger partial charge is 0.469 e. The quantitative estimate of drug-likeness (QED) is 0.647. The van der Waals surface area contributed by atoms with Crippen LogP contribution in [0.3, 0.4) is 0 Å². The number of amides is 1. The number of alkyl halides is 3. The van der Waals surface area contributed by atoms with E-state index < -0.39 is 18.0 Å². The molecule has 0 saturated carbocycles. The van der Waals surface area contributed by atoms with Crippen LogP contribution >= 0.6 is 0 Å².